The van der Waals surface area contributed by atoms with Crippen LogP contribution in [0, 0.1) is 0 Å². The van der Waals surface area contributed by atoms with Gasteiger partial charge in [0.25, 0.3) is 0 Å². The molecule has 0 saturated carbocycles. The third-order valence-electron chi connectivity index (χ3n) is 3.91. The predicted octanol–water partition coefficient (Wildman–Crippen LogP) is 3.42. The molecule has 1 heterocycles. The van der Waals surface area contributed by atoms with E-state index in [0.717, 1.165) is 31.6 Å². The summed E-state index contributed by atoms with van der Waals surface area (Å²) in [7, 11) is 0. The molecule has 0 fully saturated rings. The highest BCUT2D eigenvalue weighted by molar-refractivity contribution is 7.99. The lowest BCUT2D eigenvalue weighted by Crippen LogP contribution is -2.43. The number of aliphatic hydroxyl groups is 1. The number of unbranched alkanes of at least 4 members (excludes halogenated alkanes) is 1. The average molecular weight is 322 g/mol. The van der Waals surface area contributed by atoms with Crippen molar-refractivity contribution in [3.63, 3.8) is 0 Å². The Morgan fingerprint density at radius 3 is 2.91 bits per heavy atom. The first-order valence-corrected chi connectivity index (χ1v) is 9.12. The van der Waals surface area contributed by atoms with Crippen molar-refractivity contribution in [2.45, 2.75) is 43.5 Å². The number of hydrogen-bond acceptors (Lipinski definition) is 3. The van der Waals surface area contributed by atoms with Crippen LogP contribution < -0.4 is 5.32 Å². The maximum absolute atomic E-state index is 12.6. The van der Waals surface area contributed by atoms with Crippen molar-refractivity contribution in [3.05, 3.63) is 29.8 Å². The summed E-state index contributed by atoms with van der Waals surface area (Å²) in [5, 5.41) is 12.2. The van der Waals surface area contributed by atoms with Gasteiger partial charge in [-0.15, -0.1) is 11.8 Å². The Balaban J connectivity index is 2.00. The number of amides is 2. The minimum Gasteiger partial charge on any atom is -0.396 e. The molecule has 0 aromatic heterocycles. The Hall–Kier alpha value is -1.20. The van der Waals surface area contributed by atoms with Crippen LogP contribution in [0.1, 0.15) is 44.2 Å². The number of nitrogens with one attached hydrogen (secondary N) is 1. The highest BCUT2D eigenvalue weighted by Gasteiger charge is 2.23. The Labute approximate surface area is 137 Å². The molecule has 4 nitrogen and oxygen atoms in total. The zero-order valence-corrected chi connectivity index (χ0v) is 14.1. The molecule has 1 aromatic rings. The summed E-state index contributed by atoms with van der Waals surface area (Å²) < 4.78 is 0. The molecule has 1 aliphatic rings. The van der Waals surface area contributed by atoms with Crippen LogP contribution in [0.25, 0.3) is 0 Å². The highest BCUT2D eigenvalue weighted by Crippen LogP contribution is 2.35. The van der Waals surface area contributed by atoms with Crippen LogP contribution >= 0.6 is 11.8 Å². The van der Waals surface area contributed by atoms with Crippen LogP contribution in [0.3, 0.4) is 0 Å². The van der Waals surface area contributed by atoms with Crippen LogP contribution in [-0.2, 0) is 0 Å². The molecule has 22 heavy (non-hydrogen) atoms. The number of rotatable bonds is 7. The lowest BCUT2D eigenvalue weighted by atomic mass is 10.0. The standard InChI is InChI=1S/C17H26N2O2S/c1-2-3-10-19(11-6-12-20)17(21)18-15-9-13-22-16-8-5-4-7-14(15)16/h4-5,7-8,15,20H,2-3,6,9-13H2,1H3,(H,18,21). The molecule has 1 aromatic carbocycles. The van der Waals surface area contributed by atoms with E-state index in [1.807, 2.05) is 28.8 Å². The monoisotopic (exact) mass is 322 g/mol. The summed E-state index contributed by atoms with van der Waals surface area (Å²) in [5.74, 6) is 1.04. The molecule has 0 saturated heterocycles. The summed E-state index contributed by atoms with van der Waals surface area (Å²) in [4.78, 5) is 15.7. The first-order valence-electron chi connectivity index (χ1n) is 8.14. The van der Waals surface area contributed by atoms with Crippen molar-refractivity contribution in [2.75, 3.05) is 25.4 Å². The molecule has 2 rings (SSSR count). The smallest absolute Gasteiger partial charge is 0.317 e. The van der Waals surface area contributed by atoms with E-state index >= 15 is 0 Å². The molecule has 1 unspecified atom stereocenters. The molecular formula is C17H26N2O2S. The van der Waals surface area contributed by atoms with Crippen LogP contribution in [0.2, 0.25) is 0 Å². The number of thioether (sulfide) groups is 1. The second-order valence-electron chi connectivity index (χ2n) is 5.59. The van der Waals surface area contributed by atoms with Gasteiger partial charge in [-0.25, -0.2) is 4.79 Å². The number of hydrogen-bond donors (Lipinski definition) is 2. The maximum atomic E-state index is 12.6. The van der Waals surface area contributed by atoms with E-state index < -0.39 is 0 Å². The van der Waals surface area contributed by atoms with Crippen LogP contribution in [0.15, 0.2) is 29.2 Å². The molecule has 5 heteroatoms. The number of aliphatic hydroxyl groups excluding tert-OH is 1. The fourth-order valence-electron chi connectivity index (χ4n) is 2.66. The number of urea groups is 1. The van der Waals surface area contributed by atoms with E-state index in [-0.39, 0.29) is 18.7 Å². The number of benzene rings is 1. The Kier molecular flexibility index (Phi) is 7.06. The average Bonchev–Trinajstić information content (AvgIpc) is 2.55. The van der Waals surface area contributed by atoms with E-state index in [2.05, 4.69) is 24.4 Å². The minimum atomic E-state index is -0.00592. The maximum Gasteiger partial charge on any atom is 0.317 e. The third kappa shape index (κ3) is 4.65. The van der Waals surface area contributed by atoms with Gasteiger partial charge < -0.3 is 15.3 Å². The van der Waals surface area contributed by atoms with Crippen molar-refractivity contribution < 1.29 is 9.90 Å². The molecule has 0 aliphatic carbocycles. The van der Waals surface area contributed by atoms with Crippen LogP contribution in [0.5, 0.6) is 0 Å². The summed E-state index contributed by atoms with van der Waals surface area (Å²) in [6.45, 7) is 3.62. The second kappa shape index (κ2) is 9.06. The molecule has 0 radical (unpaired) electrons. The zero-order valence-electron chi connectivity index (χ0n) is 13.3. The molecule has 0 bridgehead atoms. The molecule has 1 aliphatic heterocycles. The van der Waals surface area contributed by atoms with Crippen molar-refractivity contribution >= 4 is 17.8 Å². The van der Waals surface area contributed by atoms with Gasteiger partial charge in [0, 0.05) is 30.3 Å². The summed E-state index contributed by atoms with van der Waals surface area (Å²) in [6, 6.07) is 8.40. The highest BCUT2D eigenvalue weighted by atomic mass is 32.2. The molecule has 1 atom stereocenters. The minimum absolute atomic E-state index is 0.00592. The van der Waals surface area contributed by atoms with E-state index in [4.69, 9.17) is 5.11 Å². The number of fused-ring (bicyclic) bond motifs is 1. The van der Waals surface area contributed by atoms with Gasteiger partial charge in [0.2, 0.25) is 0 Å². The summed E-state index contributed by atoms with van der Waals surface area (Å²) in [6.07, 6.45) is 3.66. The third-order valence-corrected chi connectivity index (χ3v) is 5.03. The van der Waals surface area contributed by atoms with Crippen molar-refractivity contribution in [1.82, 2.24) is 10.2 Å². The fraction of sp³-hybridized carbons (Fsp3) is 0.588. The van der Waals surface area contributed by atoms with Crippen molar-refractivity contribution in [3.8, 4) is 0 Å². The van der Waals surface area contributed by atoms with Gasteiger partial charge in [0.15, 0.2) is 0 Å². The van der Waals surface area contributed by atoms with E-state index in [1.54, 1.807) is 0 Å². The Morgan fingerprint density at radius 2 is 2.14 bits per heavy atom. The van der Waals surface area contributed by atoms with Gasteiger partial charge in [-0.1, -0.05) is 31.5 Å². The van der Waals surface area contributed by atoms with Gasteiger partial charge in [-0.3, -0.25) is 0 Å². The molecule has 122 valence electrons. The number of nitrogens with zero attached hydrogens (tertiary/aromatic N) is 1. The predicted molar refractivity (Wildman–Crippen MR) is 91.2 cm³/mol. The Bertz CT molecular complexity index is 473. The largest absolute Gasteiger partial charge is 0.396 e. The van der Waals surface area contributed by atoms with Crippen molar-refractivity contribution in [2.24, 2.45) is 0 Å². The first kappa shape index (κ1) is 17.2. The number of carbonyl (C=O) groups excluding carboxylic acids is 1. The van der Waals surface area contributed by atoms with Gasteiger partial charge in [0.05, 0.1) is 6.04 Å². The van der Waals surface area contributed by atoms with Crippen molar-refractivity contribution in [1.29, 1.82) is 0 Å². The first-order chi connectivity index (χ1) is 10.8. The Morgan fingerprint density at radius 1 is 1.36 bits per heavy atom. The van der Waals surface area contributed by atoms with Gasteiger partial charge >= 0.3 is 6.03 Å². The summed E-state index contributed by atoms with van der Waals surface area (Å²) in [5.41, 5.74) is 1.23. The van der Waals surface area contributed by atoms with E-state index in [0.29, 0.717) is 13.0 Å². The lowest BCUT2D eigenvalue weighted by molar-refractivity contribution is 0.184. The molecule has 2 amide bonds. The van der Waals surface area contributed by atoms with Crippen LogP contribution in [0.4, 0.5) is 4.79 Å². The number of carbonyl (C=O) groups is 1. The fourth-order valence-corrected chi connectivity index (χ4v) is 3.78. The van der Waals surface area contributed by atoms with Crippen LogP contribution in [-0.4, -0.2) is 41.5 Å². The van der Waals surface area contributed by atoms with E-state index in [1.165, 1.54) is 10.5 Å². The van der Waals surface area contributed by atoms with Gasteiger partial charge in [-0.05, 0) is 30.9 Å². The quantitative estimate of drug-likeness (QED) is 0.809. The van der Waals surface area contributed by atoms with E-state index in [9.17, 15) is 4.79 Å². The zero-order chi connectivity index (χ0) is 15.8. The molecule has 0 spiro atoms. The van der Waals surface area contributed by atoms with Gasteiger partial charge in [-0.2, -0.15) is 0 Å². The summed E-state index contributed by atoms with van der Waals surface area (Å²) >= 11 is 1.86. The molecular weight excluding hydrogens is 296 g/mol. The van der Waals surface area contributed by atoms with Gasteiger partial charge in [0.1, 0.15) is 0 Å². The lowest BCUT2D eigenvalue weighted by Gasteiger charge is -2.29. The molecule has 2 N–H and O–H groups in total. The normalized spacial score (nSPS) is 16.9. The SMILES string of the molecule is CCCCN(CCCO)C(=O)NC1CCSc2ccccc21. The topological polar surface area (TPSA) is 52.6 Å². The second-order valence-corrected chi connectivity index (χ2v) is 6.73.